The van der Waals surface area contributed by atoms with E-state index < -0.39 is 0 Å². The van der Waals surface area contributed by atoms with E-state index >= 15 is 0 Å². The van der Waals surface area contributed by atoms with E-state index in [1.54, 1.807) is 0 Å². The van der Waals surface area contributed by atoms with Crippen molar-refractivity contribution in [1.29, 1.82) is 0 Å². The van der Waals surface area contributed by atoms with Crippen molar-refractivity contribution in [3.8, 4) is 0 Å². The molecule has 0 aromatic heterocycles. The maximum atomic E-state index is 12.5. The van der Waals surface area contributed by atoms with Crippen LogP contribution in [0.3, 0.4) is 0 Å². The number of allylic oxidation sites excluding steroid dienone is 2. The van der Waals surface area contributed by atoms with Gasteiger partial charge in [0, 0.05) is 6.42 Å². The molecule has 1 N–H and O–H groups in total. The second kappa shape index (κ2) is 18.0. The van der Waals surface area contributed by atoms with Crippen LogP contribution in [0.2, 0.25) is 0 Å². The van der Waals surface area contributed by atoms with Gasteiger partial charge in [0.25, 0.3) is 0 Å². The van der Waals surface area contributed by atoms with Crippen molar-refractivity contribution in [3.63, 3.8) is 0 Å². The van der Waals surface area contributed by atoms with Gasteiger partial charge in [-0.1, -0.05) is 112 Å². The van der Waals surface area contributed by atoms with Gasteiger partial charge in [0.1, 0.15) is 0 Å². The average Bonchev–Trinajstić information content (AvgIpc) is 2.88. The monoisotopic (exact) mass is 464 g/mol. The Morgan fingerprint density at radius 3 is 1.82 bits per heavy atom. The van der Waals surface area contributed by atoms with Crippen LogP contribution in [-0.4, -0.2) is 17.2 Å². The third kappa shape index (κ3) is 12.2. The smallest absolute Gasteiger partial charge is 0.306 e. The van der Waals surface area contributed by atoms with Gasteiger partial charge in [-0.2, -0.15) is 0 Å². The highest BCUT2D eigenvalue weighted by molar-refractivity contribution is 5.70. The highest BCUT2D eigenvalue weighted by atomic mass is 16.5. The predicted molar refractivity (Wildman–Crippen MR) is 142 cm³/mol. The Labute approximate surface area is 207 Å². The van der Waals surface area contributed by atoms with Crippen LogP contribution < -0.4 is 0 Å². The molecule has 0 bridgehead atoms. The Morgan fingerprint density at radius 1 is 0.765 bits per heavy atom. The normalized spacial score (nSPS) is 12.3. The summed E-state index contributed by atoms with van der Waals surface area (Å²) in [6, 6.07) is 19.9. The minimum absolute atomic E-state index is 0.110. The van der Waals surface area contributed by atoms with Crippen LogP contribution in [0.1, 0.15) is 108 Å². The second-order valence-corrected chi connectivity index (χ2v) is 9.17. The van der Waals surface area contributed by atoms with Gasteiger partial charge < -0.3 is 9.84 Å². The second-order valence-electron chi connectivity index (χ2n) is 9.17. The third-order valence-corrected chi connectivity index (χ3v) is 6.25. The molecule has 0 aliphatic heterocycles. The number of carbonyl (C=O) groups is 1. The topological polar surface area (TPSA) is 46.5 Å². The van der Waals surface area contributed by atoms with Crippen LogP contribution in [0.15, 0.2) is 72.8 Å². The molecule has 0 saturated carbocycles. The minimum Gasteiger partial charge on any atom is -0.453 e. The first-order chi connectivity index (χ1) is 16.7. The molecule has 0 unspecified atom stereocenters. The zero-order valence-corrected chi connectivity index (χ0v) is 21.0. The van der Waals surface area contributed by atoms with Crippen LogP contribution in [-0.2, 0) is 9.53 Å². The van der Waals surface area contributed by atoms with Crippen LogP contribution in [0, 0.1) is 0 Å². The molecule has 0 heterocycles. The van der Waals surface area contributed by atoms with Gasteiger partial charge in [0.05, 0.1) is 6.10 Å². The summed E-state index contributed by atoms with van der Waals surface area (Å²) in [5.74, 6) is -0.121. The lowest BCUT2D eigenvalue weighted by Crippen LogP contribution is -2.12. The summed E-state index contributed by atoms with van der Waals surface area (Å²) >= 11 is 0. The fourth-order valence-electron chi connectivity index (χ4n) is 4.10. The number of aliphatic hydroxyl groups is 1. The molecule has 0 amide bonds. The Hall–Kier alpha value is -2.39. The van der Waals surface area contributed by atoms with E-state index in [4.69, 9.17) is 4.74 Å². The van der Waals surface area contributed by atoms with Gasteiger partial charge in [-0.3, -0.25) is 4.79 Å². The number of esters is 1. The first-order valence-electron chi connectivity index (χ1n) is 13.3. The summed E-state index contributed by atoms with van der Waals surface area (Å²) in [4.78, 5) is 12.5. The SMILES string of the molecule is CC[C@@H](O)CCCCC/C=C\CCCCCCCC(=O)OC(c1ccccc1)c1ccccc1. The first kappa shape index (κ1) is 27.9. The summed E-state index contributed by atoms with van der Waals surface area (Å²) in [6.45, 7) is 2.04. The van der Waals surface area contributed by atoms with E-state index in [1.807, 2.05) is 67.6 Å². The first-order valence-corrected chi connectivity index (χ1v) is 13.3. The molecule has 2 aromatic carbocycles. The standard InChI is InChI=1S/C31H44O3/c1-2-29(32)25-19-11-9-7-5-3-4-6-8-10-12-20-26-30(33)34-31(27-21-15-13-16-22-27)28-23-17-14-18-24-28/h3,5,13-18,21-24,29,31-32H,2,4,6-12,19-20,25-26H2,1H3/b5-3-/t29-/m1/s1. The lowest BCUT2D eigenvalue weighted by Gasteiger charge is -2.19. The predicted octanol–water partition coefficient (Wildman–Crippen LogP) is 8.33. The fourth-order valence-corrected chi connectivity index (χ4v) is 4.10. The van der Waals surface area contributed by atoms with Crippen LogP contribution in [0.25, 0.3) is 0 Å². The number of benzene rings is 2. The van der Waals surface area contributed by atoms with E-state index in [1.165, 1.54) is 32.1 Å². The lowest BCUT2D eigenvalue weighted by molar-refractivity contribution is -0.147. The van der Waals surface area contributed by atoms with Crippen molar-refractivity contribution in [2.75, 3.05) is 0 Å². The Kier molecular flexibility index (Phi) is 14.7. The maximum absolute atomic E-state index is 12.5. The highest BCUT2D eigenvalue weighted by Gasteiger charge is 2.18. The van der Waals surface area contributed by atoms with Gasteiger partial charge in [-0.25, -0.2) is 0 Å². The van der Waals surface area contributed by atoms with E-state index in [2.05, 4.69) is 12.2 Å². The zero-order chi connectivity index (χ0) is 24.3. The average molecular weight is 465 g/mol. The lowest BCUT2D eigenvalue weighted by atomic mass is 10.0. The van der Waals surface area contributed by atoms with Crippen molar-refractivity contribution in [2.24, 2.45) is 0 Å². The molecule has 3 heteroatoms. The molecule has 34 heavy (non-hydrogen) atoms. The molecule has 186 valence electrons. The summed E-state index contributed by atoms with van der Waals surface area (Å²) in [7, 11) is 0. The van der Waals surface area contributed by atoms with Gasteiger partial charge in [0.15, 0.2) is 6.10 Å². The number of rotatable bonds is 18. The fraction of sp³-hybridized carbons (Fsp3) is 0.516. The number of hydrogen-bond donors (Lipinski definition) is 1. The molecule has 0 aliphatic carbocycles. The molecule has 2 rings (SSSR count). The molecular weight excluding hydrogens is 420 g/mol. The van der Waals surface area contributed by atoms with E-state index in [0.717, 1.165) is 56.1 Å². The highest BCUT2D eigenvalue weighted by Crippen LogP contribution is 2.26. The molecule has 0 spiro atoms. The quantitative estimate of drug-likeness (QED) is 0.137. The minimum atomic E-state index is -0.343. The zero-order valence-electron chi connectivity index (χ0n) is 21.0. The largest absolute Gasteiger partial charge is 0.453 e. The number of hydrogen-bond acceptors (Lipinski definition) is 3. The Balaban J connectivity index is 1.52. The van der Waals surface area contributed by atoms with Crippen LogP contribution in [0.4, 0.5) is 0 Å². The van der Waals surface area contributed by atoms with Crippen molar-refractivity contribution in [3.05, 3.63) is 83.9 Å². The Bertz CT molecular complexity index is 745. The van der Waals surface area contributed by atoms with Gasteiger partial charge >= 0.3 is 5.97 Å². The van der Waals surface area contributed by atoms with Crippen LogP contribution >= 0.6 is 0 Å². The van der Waals surface area contributed by atoms with Gasteiger partial charge in [-0.05, 0) is 56.1 Å². The molecule has 0 radical (unpaired) electrons. The van der Waals surface area contributed by atoms with E-state index in [-0.39, 0.29) is 18.2 Å². The molecule has 0 saturated heterocycles. The van der Waals surface area contributed by atoms with Crippen LogP contribution in [0.5, 0.6) is 0 Å². The molecule has 2 aromatic rings. The summed E-state index contributed by atoms with van der Waals surface area (Å²) in [6.07, 6.45) is 17.9. The molecule has 1 atom stereocenters. The Morgan fingerprint density at radius 2 is 1.26 bits per heavy atom. The molecule has 0 fully saturated rings. The van der Waals surface area contributed by atoms with E-state index in [0.29, 0.717) is 6.42 Å². The van der Waals surface area contributed by atoms with Crippen molar-refractivity contribution < 1.29 is 14.6 Å². The molecule has 3 nitrogen and oxygen atoms in total. The van der Waals surface area contributed by atoms with Crippen molar-refractivity contribution >= 4 is 5.97 Å². The molecule has 0 aliphatic rings. The number of aliphatic hydroxyl groups excluding tert-OH is 1. The van der Waals surface area contributed by atoms with E-state index in [9.17, 15) is 9.90 Å². The summed E-state index contributed by atoms with van der Waals surface area (Å²) in [5.41, 5.74) is 2.01. The van der Waals surface area contributed by atoms with Crippen molar-refractivity contribution in [1.82, 2.24) is 0 Å². The maximum Gasteiger partial charge on any atom is 0.306 e. The molecular formula is C31H44O3. The summed E-state index contributed by atoms with van der Waals surface area (Å²) < 4.78 is 5.89. The number of ether oxygens (including phenoxy) is 1. The number of unbranched alkanes of at least 4 members (excludes halogenated alkanes) is 8. The summed E-state index contributed by atoms with van der Waals surface area (Å²) in [5, 5.41) is 9.55. The third-order valence-electron chi connectivity index (χ3n) is 6.25. The van der Waals surface area contributed by atoms with Gasteiger partial charge in [0.2, 0.25) is 0 Å². The van der Waals surface area contributed by atoms with Crippen molar-refractivity contribution in [2.45, 2.75) is 103 Å². The number of carbonyl (C=O) groups excluding carboxylic acids is 1. The van der Waals surface area contributed by atoms with Gasteiger partial charge in [-0.15, -0.1) is 0 Å².